The summed E-state index contributed by atoms with van der Waals surface area (Å²) >= 11 is 0. The number of piperidine rings is 1. The molecule has 1 atom stereocenters. The standard InChI is InChI=1S/C24H30FN3O/c1-18(27-12-4-5-13-27)24(29)28-14-10-20(11-15-28)23-9-8-19(17-26-23)16-21-6-2-3-7-22(21)25/h2-3,6-9,17-18,20H,4-5,10-16H2,1H3/t18-/m0/s1. The smallest absolute Gasteiger partial charge is 0.239 e. The van der Waals surface area contributed by atoms with E-state index in [1.54, 1.807) is 6.07 Å². The van der Waals surface area contributed by atoms with Crippen molar-refractivity contribution in [1.29, 1.82) is 0 Å². The molecule has 1 amide bonds. The molecule has 4 rings (SSSR count). The van der Waals surface area contributed by atoms with Gasteiger partial charge in [0.15, 0.2) is 0 Å². The van der Waals surface area contributed by atoms with E-state index < -0.39 is 0 Å². The summed E-state index contributed by atoms with van der Waals surface area (Å²) < 4.78 is 13.8. The normalized spacial score (nSPS) is 19.4. The van der Waals surface area contributed by atoms with Gasteiger partial charge in [0.1, 0.15) is 5.82 Å². The lowest BCUT2D eigenvalue weighted by atomic mass is 9.92. The quantitative estimate of drug-likeness (QED) is 0.768. The Kier molecular flexibility index (Phi) is 6.24. The zero-order valence-electron chi connectivity index (χ0n) is 17.2. The van der Waals surface area contributed by atoms with Crippen LogP contribution in [0.5, 0.6) is 0 Å². The summed E-state index contributed by atoms with van der Waals surface area (Å²) in [6.07, 6.45) is 6.75. The largest absolute Gasteiger partial charge is 0.341 e. The number of rotatable bonds is 5. The number of benzene rings is 1. The lowest BCUT2D eigenvalue weighted by Crippen LogP contribution is -2.48. The van der Waals surface area contributed by atoms with Crippen molar-refractivity contribution in [3.63, 3.8) is 0 Å². The van der Waals surface area contributed by atoms with Crippen LogP contribution in [0.3, 0.4) is 0 Å². The van der Waals surface area contributed by atoms with Crippen molar-refractivity contribution in [2.45, 2.75) is 51.0 Å². The van der Waals surface area contributed by atoms with Gasteiger partial charge in [0.25, 0.3) is 0 Å². The highest BCUT2D eigenvalue weighted by Gasteiger charge is 2.30. The van der Waals surface area contributed by atoms with Crippen LogP contribution in [0.1, 0.15) is 55.3 Å². The molecule has 2 saturated heterocycles. The van der Waals surface area contributed by atoms with Gasteiger partial charge >= 0.3 is 0 Å². The van der Waals surface area contributed by atoms with E-state index in [1.807, 2.05) is 23.2 Å². The molecular formula is C24H30FN3O. The number of likely N-dealkylation sites (tertiary alicyclic amines) is 2. The van der Waals surface area contributed by atoms with Gasteiger partial charge < -0.3 is 4.90 Å². The fraction of sp³-hybridized carbons (Fsp3) is 0.500. The topological polar surface area (TPSA) is 36.4 Å². The van der Waals surface area contributed by atoms with Gasteiger partial charge in [-0.1, -0.05) is 24.3 Å². The first-order chi connectivity index (χ1) is 14.1. The first-order valence-electron chi connectivity index (χ1n) is 10.8. The maximum atomic E-state index is 13.8. The van der Waals surface area contributed by atoms with Crippen LogP contribution < -0.4 is 0 Å². The highest BCUT2D eigenvalue weighted by atomic mass is 19.1. The number of amides is 1. The van der Waals surface area contributed by atoms with Crippen LogP contribution in [-0.2, 0) is 11.2 Å². The highest BCUT2D eigenvalue weighted by Crippen LogP contribution is 2.28. The second-order valence-corrected chi connectivity index (χ2v) is 8.38. The summed E-state index contributed by atoms with van der Waals surface area (Å²) in [7, 11) is 0. The molecule has 2 aliphatic heterocycles. The minimum atomic E-state index is -0.170. The van der Waals surface area contributed by atoms with Crippen LogP contribution in [0, 0.1) is 5.82 Å². The fourth-order valence-corrected chi connectivity index (χ4v) is 4.59. The molecule has 0 unspecified atom stereocenters. The average molecular weight is 396 g/mol. The summed E-state index contributed by atoms with van der Waals surface area (Å²) in [5.74, 6) is 0.499. The number of carbonyl (C=O) groups is 1. The Labute approximate surface area is 172 Å². The van der Waals surface area contributed by atoms with Gasteiger partial charge in [-0.25, -0.2) is 4.39 Å². The van der Waals surface area contributed by atoms with Gasteiger partial charge in [-0.2, -0.15) is 0 Å². The predicted molar refractivity (Wildman–Crippen MR) is 112 cm³/mol. The monoisotopic (exact) mass is 395 g/mol. The lowest BCUT2D eigenvalue weighted by Gasteiger charge is -2.35. The summed E-state index contributed by atoms with van der Waals surface area (Å²) in [6.45, 7) is 5.76. The van der Waals surface area contributed by atoms with E-state index in [-0.39, 0.29) is 17.8 Å². The molecule has 0 spiro atoms. The molecular weight excluding hydrogens is 365 g/mol. The molecule has 0 saturated carbocycles. The molecule has 5 heteroatoms. The lowest BCUT2D eigenvalue weighted by molar-refractivity contribution is -0.137. The van der Waals surface area contributed by atoms with Crippen molar-refractivity contribution in [2.75, 3.05) is 26.2 Å². The van der Waals surface area contributed by atoms with Crippen molar-refractivity contribution in [3.05, 3.63) is 65.2 Å². The second-order valence-electron chi connectivity index (χ2n) is 8.38. The van der Waals surface area contributed by atoms with Crippen molar-refractivity contribution < 1.29 is 9.18 Å². The molecule has 154 valence electrons. The molecule has 3 heterocycles. The Hall–Kier alpha value is -2.27. The first kappa shape index (κ1) is 20.0. The molecule has 29 heavy (non-hydrogen) atoms. The number of hydrogen-bond acceptors (Lipinski definition) is 3. The molecule has 1 aromatic heterocycles. The zero-order valence-corrected chi connectivity index (χ0v) is 17.2. The average Bonchev–Trinajstić information content (AvgIpc) is 3.30. The minimum absolute atomic E-state index is 0.00448. The van der Waals surface area contributed by atoms with E-state index >= 15 is 0 Å². The molecule has 0 radical (unpaired) electrons. The van der Waals surface area contributed by atoms with Gasteiger partial charge in [0.2, 0.25) is 5.91 Å². The Balaban J connectivity index is 1.31. The zero-order chi connectivity index (χ0) is 20.2. The third-order valence-electron chi connectivity index (χ3n) is 6.47. The van der Waals surface area contributed by atoms with Crippen LogP contribution in [0.2, 0.25) is 0 Å². The van der Waals surface area contributed by atoms with E-state index in [4.69, 9.17) is 0 Å². The van der Waals surface area contributed by atoms with Gasteiger partial charge in [-0.3, -0.25) is 14.7 Å². The molecule has 2 aliphatic rings. The summed E-state index contributed by atoms with van der Waals surface area (Å²) in [5.41, 5.74) is 2.80. The van der Waals surface area contributed by atoms with Crippen LogP contribution in [-0.4, -0.2) is 52.9 Å². The van der Waals surface area contributed by atoms with Gasteiger partial charge in [0.05, 0.1) is 6.04 Å². The van der Waals surface area contributed by atoms with Gasteiger partial charge in [0, 0.05) is 37.3 Å². The van der Waals surface area contributed by atoms with E-state index in [0.717, 1.165) is 50.3 Å². The third kappa shape index (κ3) is 4.67. The number of carbonyl (C=O) groups excluding carboxylic acids is 1. The number of aromatic nitrogens is 1. The van der Waals surface area contributed by atoms with Crippen molar-refractivity contribution >= 4 is 5.91 Å². The molecule has 2 aromatic rings. The maximum absolute atomic E-state index is 13.8. The Morgan fingerprint density at radius 3 is 2.48 bits per heavy atom. The van der Waals surface area contributed by atoms with Crippen LogP contribution >= 0.6 is 0 Å². The molecule has 0 bridgehead atoms. The van der Waals surface area contributed by atoms with Crippen LogP contribution in [0.4, 0.5) is 4.39 Å². The Morgan fingerprint density at radius 2 is 1.83 bits per heavy atom. The van der Waals surface area contributed by atoms with Gasteiger partial charge in [-0.15, -0.1) is 0 Å². The van der Waals surface area contributed by atoms with Crippen molar-refractivity contribution in [2.24, 2.45) is 0 Å². The first-order valence-corrected chi connectivity index (χ1v) is 10.8. The predicted octanol–water partition coefficient (Wildman–Crippen LogP) is 4.00. The SMILES string of the molecule is C[C@@H](C(=O)N1CCC(c2ccc(Cc3ccccc3F)cn2)CC1)N1CCCC1. The molecule has 1 aromatic carbocycles. The minimum Gasteiger partial charge on any atom is -0.341 e. The molecule has 4 nitrogen and oxygen atoms in total. The molecule has 2 fully saturated rings. The number of nitrogens with zero attached hydrogens (tertiary/aromatic N) is 3. The molecule has 0 N–H and O–H groups in total. The van der Waals surface area contributed by atoms with Crippen LogP contribution in [0.25, 0.3) is 0 Å². The van der Waals surface area contributed by atoms with E-state index in [1.165, 1.54) is 18.9 Å². The number of hydrogen-bond donors (Lipinski definition) is 0. The van der Waals surface area contributed by atoms with E-state index in [2.05, 4.69) is 28.9 Å². The van der Waals surface area contributed by atoms with Crippen molar-refractivity contribution in [3.8, 4) is 0 Å². The second kappa shape index (κ2) is 9.04. The highest BCUT2D eigenvalue weighted by molar-refractivity contribution is 5.81. The molecule has 0 aliphatic carbocycles. The van der Waals surface area contributed by atoms with Crippen molar-refractivity contribution in [1.82, 2.24) is 14.8 Å². The maximum Gasteiger partial charge on any atom is 0.239 e. The summed E-state index contributed by atoms with van der Waals surface area (Å²) in [6, 6.07) is 11.0. The van der Waals surface area contributed by atoms with E-state index in [0.29, 0.717) is 17.9 Å². The Bertz CT molecular complexity index is 824. The van der Waals surface area contributed by atoms with E-state index in [9.17, 15) is 9.18 Å². The summed E-state index contributed by atoms with van der Waals surface area (Å²) in [4.78, 5) is 21.8. The summed E-state index contributed by atoms with van der Waals surface area (Å²) in [5, 5.41) is 0. The Morgan fingerprint density at radius 1 is 1.10 bits per heavy atom. The third-order valence-corrected chi connectivity index (χ3v) is 6.47. The number of halogens is 1. The van der Waals surface area contributed by atoms with Crippen LogP contribution in [0.15, 0.2) is 42.6 Å². The fourth-order valence-electron chi connectivity index (χ4n) is 4.59. The number of pyridine rings is 1. The van der Waals surface area contributed by atoms with Gasteiger partial charge in [-0.05, 0) is 69.0 Å².